The van der Waals surface area contributed by atoms with Crippen molar-refractivity contribution in [2.45, 2.75) is 33.3 Å². The Morgan fingerprint density at radius 1 is 1.30 bits per heavy atom. The third kappa shape index (κ3) is 3.16. The minimum atomic E-state index is -0.118. The molecular weight excluding hydrogens is 288 g/mol. The van der Waals surface area contributed by atoms with Crippen LogP contribution in [0, 0.1) is 6.92 Å². The lowest BCUT2D eigenvalue weighted by Gasteiger charge is -2.33. The van der Waals surface area contributed by atoms with E-state index in [9.17, 15) is 4.79 Å². The lowest BCUT2D eigenvalue weighted by atomic mass is 10.1. The number of benzene rings is 2. The van der Waals surface area contributed by atoms with Crippen molar-refractivity contribution in [3.05, 3.63) is 53.6 Å². The molecule has 0 aliphatic carbocycles. The number of fused-ring (bicyclic) bond motifs is 1. The highest BCUT2D eigenvalue weighted by molar-refractivity contribution is 6.03. The van der Waals surface area contributed by atoms with Crippen LogP contribution in [0.5, 0.6) is 5.75 Å². The number of hydrogen-bond donors (Lipinski definition) is 1. The first kappa shape index (κ1) is 15.4. The van der Waals surface area contributed by atoms with Crippen LogP contribution in [-0.4, -0.2) is 18.7 Å². The minimum Gasteiger partial charge on any atom is -0.487 e. The van der Waals surface area contributed by atoms with Gasteiger partial charge in [0.1, 0.15) is 11.9 Å². The number of hydrogen-bond acceptors (Lipinski definition) is 2. The molecule has 0 bridgehead atoms. The number of ether oxygens (including phenoxy) is 1. The van der Waals surface area contributed by atoms with Gasteiger partial charge in [0.25, 0.3) is 0 Å². The summed E-state index contributed by atoms with van der Waals surface area (Å²) in [5, 5.41) is 3.04. The van der Waals surface area contributed by atoms with Crippen LogP contribution in [0.2, 0.25) is 0 Å². The van der Waals surface area contributed by atoms with Gasteiger partial charge in [0.15, 0.2) is 0 Å². The molecule has 4 nitrogen and oxygen atoms in total. The van der Waals surface area contributed by atoms with E-state index < -0.39 is 0 Å². The van der Waals surface area contributed by atoms with Gasteiger partial charge in [0, 0.05) is 5.69 Å². The Labute approximate surface area is 137 Å². The zero-order valence-electron chi connectivity index (χ0n) is 13.8. The number of urea groups is 1. The first-order valence-electron chi connectivity index (χ1n) is 8.02. The van der Waals surface area contributed by atoms with Crippen LogP contribution in [-0.2, 0) is 6.42 Å². The van der Waals surface area contributed by atoms with Crippen LogP contribution in [0.25, 0.3) is 0 Å². The molecule has 1 N–H and O–H groups in total. The van der Waals surface area contributed by atoms with Gasteiger partial charge in [-0.2, -0.15) is 0 Å². The number of rotatable bonds is 2. The van der Waals surface area contributed by atoms with Crippen molar-refractivity contribution in [2.75, 3.05) is 16.8 Å². The highest BCUT2D eigenvalue weighted by Crippen LogP contribution is 2.34. The molecule has 1 aliphatic rings. The molecular formula is C19H22N2O2. The summed E-state index contributed by atoms with van der Waals surface area (Å²) in [6.45, 7) is 6.61. The molecule has 4 heteroatoms. The fourth-order valence-corrected chi connectivity index (χ4v) is 2.87. The molecule has 2 amide bonds. The van der Waals surface area contributed by atoms with Crippen LogP contribution in [0.15, 0.2) is 42.5 Å². The number of anilines is 2. The number of carbonyl (C=O) groups is 1. The smallest absolute Gasteiger partial charge is 0.326 e. The summed E-state index contributed by atoms with van der Waals surface area (Å²) < 4.78 is 5.84. The number of para-hydroxylation sites is 1. The summed E-state index contributed by atoms with van der Waals surface area (Å²) in [5.74, 6) is 0.758. The molecule has 2 aromatic rings. The number of nitrogens with zero attached hydrogens (tertiary/aromatic N) is 1. The summed E-state index contributed by atoms with van der Waals surface area (Å²) in [7, 11) is 0. The summed E-state index contributed by atoms with van der Waals surface area (Å²) in [4.78, 5) is 14.6. The maximum atomic E-state index is 12.8. The molecule has 1 heterocycles. The quantitative estimate of drug-likeness (QED) is 0.894. The second-order valence-electron chi connectivity index (χ2n) is 5.95. The Balaban J connectivity index is 1.89. The lowest BCUT2D eigenvalue weighted by Crippen LogP contribution is -2.44. The molecule has 2 aromatic carbocycles. The van der Waals surface area contributed by atoms with E-state index in [0.717, 1.165) is 34.7 Å². The second-order valence-corrected chi connectivity index (χ2v) is 5.95. The average molecular weight is 310 g/mol. The molecule has 120 valence electrons. The van der Waals surface area contributed by atoms with E-state index in [1.165, 1.54) is 0 Å². The van der Waals surface area contributed by atoms with Crippen molar-refractivity contribution >= 4 is 17.4 Å². The fourth-order valence-electron chi connectivity index (χ4n) is 2.87. The van der Waals surface area contributed by atoms with E-state index in [0.29, 0.717) is 6.54 Å². The van der Waals surface area contributed by atoms with Crippen LogP contribution in [0.3, 0.4) is 0 Å². The molecule has 1 aliphatic heterocycles. The molecule has 0 radical (unpaired) electrons. The van der Waals surface area contributed by atoms with Crippen LogP contribution in [0.1, 0.15) is 25.0 Å². The summed E-state index contributed by atoms with van der Waals surface area (Å²) in [6, 6.07) is 13.7. The molecule has 0 saturated carbocycles. The van der Waals surface area contributed by atoms with Crippen LogP contribution < -0.4 is 15.0 Å². The molecule has 3 rings (SSSR count). The predicted octanol–water partition coefficient (Wildman–Crippen LogP) is 4.38. The van der Waals surface area contributed by atoms with E-state index in [1.54, 1.807) is 4.90 Å². The molecule has 0 spiro atoms. The monoisotopic (exact) mass is 310 g/mol. The van der Waals surface area contributed by atoms with Gasteiger partial charge >= 0.3 is 6.03 Å². The highest BCUT2D eigenvalue weighted by Gasteiger charge is 2.28. The van der Waals surface area contributed by atoms with Gasteiger partial charge in [-0.3, -0.25) is 4.90 Å². The van der Waals surface area contributed by atoms with Gasteiger partial charge in [-0.1, -0.05) is 31.2 Å². The van der Waals surface area contributed by atoms with Crippen molar-refractivity contribution in [1.82, 2.24) is 0 Å². The molecule has 0 saturated heterocycles. The Morgan fingerprint density at radius 3 is 2.87 bits per heavy atom. The molecule has 1 atom stereocenters. The largest absolute Gasteiger partial charge is 0.487 e. The number of amides is 2. The summed E-state index contributed by atoms with van der Waals surface area (Å²) >= 11 is 0. The van der Waals surface area contributed by atoms with Crippen molar-refractivity contribution in [2.24, 2.45) is 0 Å². The Morgan fingerprint density at radius 2 is 2.09 bits per heavy atom. The van der Waals surface area contributed by atoms with Crippen molar-refractivity contribution in [3.8, 4) is 5.75 Å². The van der Waals surface area contributed by atoms with Gasteiger partial charge < -0.3 is 10.1 Å². The Hall–Kier alpha value is -2.49. The SMILES string of the molecule is CCc1ccccc1NC(=O)N1C[C@H](C)Oc2ccc(C)cc21. The summed E-state index contributed by atoms with van der Waals surface area (Å²) in [5.41, 5.74) is 3.93. The van der Waals surface area contributed by atoms with Gasteiger partial charge in [-0.05, 0) is 49.6 Å². The first-order valence-corrected chi connectivity index (χ1v) is 8.02. The van der Waals surface area contributed by atoms with Gasteiger partial charge in [-0.25, -0.2) is 4.79 Å². The Kier molecular flexibility index (Phi) is 4.24. The zero-order valence-corrected chi connectivity index (χ0v) is 13.8. The maximum absolute atomic E-state index is 12.8. The van der Waals surface area contributed by atoms with E-state index in [4.69, 9.17) is 4.74 Å². The standard InChI is InChI=1S/C19H22N2O2/c1-4-15-7-5-6-8-16(15)20-19(22)21-12-14(3)23-18-10-9-13(2)11-17(18)21/h5-11,14H,4,12H2,1-3H3,(H,20,22)/t14-/m0/s1. The predicted molar refractivity (Wildman–Crippen MR) is 93.5 cm³/mol. The van der Waals surface area contributed by atoms with Gasteiger partial charge in [-0.15, -0.1) is 0 Å². The van der Waals surface area contributed by atoms with Crippen molar-refractivity contribution < 1.29 is 9.53 Å². The maximum Gasteiger partial charge on any atom is 0.326 e. The van der Waals surface area contributed by atoms with E-state index in [1.807, 2.05) is 56.3 Å². The molecule has 0 unspecified atom stereocenters. The molecule has 23 heavy (non-hydrogen) atoms. The van der Waals surface area contributed by atoms with Crippen molar-refractivity contribution in [3.63, 3.8) is 0 Å². The number of nitrogens with one attached hydrogen (secondary N) is 1. The number of aryl methyl sites for hydroxylation is 2. The third-order valence-electron chi connectivity index (χ3n) is 4.06. The zero-order chi connectivity index (χ0) is 16.4. The summed E-state index contributed by atoms with van der Waals surface area (Å²) in [6.07, 6.45) is 0.850. The van der Waals surface area contributed by atoms with E-state index in [2.05, 4.69) is 12.2 Å². The molecule has 0 aromatic heterocycles. The average Bonchev–Trinajstić information content (AvgIpc) is 2.55. The third-order valence-corrected chi connectivity index (χ3v) is 4.06. The van der Waals surface area contributed by atoms with Crippen LogP contribution >= 0.6 is 0 Å². The fraction of sp³-hybridized carbons (Fsp3) is 0.316. The van der Waals surface area contributed by atoms with E-state index >= 15 is 0 Å². The first-order chi connectivity index (χ1) is 11.1. The Bertz CT molecular complexity index is 727. The van der Waals surface area contributed by atoms with Crippen LogP contribution in [0.4, 0.5) is 16.2 Å². The van der Waals surface area contributed by atoms with Crippen molar-refractivity contribution in [1.29, 1.82) is 0 Å². The highest BCUT2D eigenvalue weighted by atomic mass is 16.5. The minimum absolute atomic E-state index is 0.0302. The lowest BCUT2D eigenvalue weighted by molar-refractivity contribution is 0.208. The molecule has 0 fully saturated rings. The normalized spacial score (nSPS) is 16.5. The van der Waals surface area contributed by atoms with E-state index in [-0.39, 0.29) is 12.1 Å². The second kappa shape index (κ2) is 6.32. The van der Waals surface area contributed by atoms with Gasteiger partial charge in [0.2, 0.25) is 0 Å². The number of carbonyl (C=O) groups excluding carboxylic acids is 1. The van der Waals surface area contributed by atoms with Gasteiger partial charge in [0.05, 0.1) is 12.2 Å². The topological polar surface area (TPSA) is 41.6 Å².